The number of carbonyl (C=O) groups excluding carboxylic acids is 1. The Kier molecular flexibility index (Phi) is 4.70. The quantitative estimate of drug-likeness (QED) is 0.527. The molecule has 1 aromatic heterocycles. The predicted molar refractivity (Wildman–Crippen MR) is 57.0 cm³/mol. The molecule has 0 aliphatic carbocycles. The van der Waals surface area contributed by atoms with Crippen LogP contribution in [0.5, 0.6) is 0 Å². The van der Waals surface area contributed by atoms with Gasteiger partial charge in [-0.25, -0.2) is 4.68 Å². The maximum atomic E-state index is 11.4. The molecule has 5 nitrogen and oxygen atoms in total. The summed E-state index contributed by atoms with van der Waals surface area (Å²) in [5.41, 5.74) is 6.08. The summed E-state index contributed by atoms with van der Waals surface area (Å²) in [6, 6.07) is 0. The van der Waals surface area contributed by atoms with Gasteiger partial charge in [0.2, 0.25) is 0 Å². The van der Waals surface area contributed by atoms with Crippen LogP contribution in [-0.2, 0) is 17.9 Å². The van der Waals surface area contributed by atoms with Crippen LogP contribution in [0.2, 0.25) is 0 Å². The first-order valence-corrected chi connectivity index (χ1v) is 4.98. The number of allylic oxidation sites excluding steroid dienone is 1. The number of Topliss-reactive ketones (excluding diaryl/α,β-unsaturated/α-hetero) is 1. The minimum absolute atomic E-state index is 0.158. The lowest BCUT2D eigenvalue weighted by Gasteiger charge is -1.98. The van der Waals surface area contributed by atoms with Gasteiger partial charge in [-0.05, 0) is 12.8 Å². The van der Waals surface area contributed by atoms with Crippen LogP contribution in [0.1, 0.15) is 25.0 Å². The van der Waals surface area contributed by atoms with Crippen LogP contribution in [0, 0.1) is 0 Å². The first-order valence-electron chi connectivity index (χ1n) is 4.98. The summed E-state index contributed by atoms with van der Waals surface area (Å²) in [5.74, 6) is 0.158. The molecule has 0 unspecified atom stereocenters. The van der Waals surface area contributed by atoms with E-state index in [9.17, 15) is 4.79 Å². The Balaban J connectivity index is 2.33. The van der Waals surface area contributed by atoms with Gasteiger partial charge in [-0.15, -0.1) is 11.7 Å². The highest BCUT2D eigenvalue weighted by Gasteiger charge is 2.04. The highest BCUT2D eigenvalue weighted by atomic mass is 16.1. The average molecular weight is 208 g/mol. The molecule has 0 aromatic carbocycles. The maximum Gasteiger partial charge on any atom is 0.154 e. The van der Waals surface area contributed by atoms with E-state index in [1.807, 2.05) is 6.08 Å². The molecule has 1 aromatic rings. The van der Waals surface area contributed by atoms with Gasteiger partial charge < -0.3 is 5.73 Å². The molecule has 1 rings (SSSR count). The van der Waals surface area contributed by atoms with Gasteiger partial charge in [0.05, 0.1) is 11.9 Å². The van der Waals surface area contributed by atoms with Crippen LogP contribution in [0.15, 0.2) is 18.9 Å². The third-order valence-corrected chi connectivity index (χ3v) is 2.00. The first-order chi connectivity index (χ1) is 7.26. The number of rotatable bonds is 7. The van der Waals surface area contributed by atoms with Gasteiger partial charge >= 0.3 is 0 Å². The molecule has 5 heteroatoms. The van der Waals surface area contributed by atoms with Crippen molar-refractivity contribution in [3.8, 4) is 0 Å². The number of hydrogen-bond acceptors (Lipinski definition) is 4. The summed E-state index contributed by atoms with van der Waals surface area (Å²) in [6.45, 7) is 4.24. The van der Waals surface area contributed by atoms with E-state index in [0.717, 1.165) is 12.8 Å². The molecule has 15 heavy (non-hydrogen) atoms. The summed E-state index contributed by atoms with van der Waals surface area (Å²) < 4.78 is 1.53. The molecule has 0 saturated heterocycles. The zero-order chi connectivity index (χ0) is 11.1. The Morgan fingerprint density at radius 1 is 1.67 bits per heavy atom. The molecule has 0 bridgehead atoms. The molecule has 0 aliphatic rings. The number of unbranched alkanes of at least 4 members (excludes halogenated alkanes) is 1. The molecule has 1 heterocycles. The zero-order valence-electron chi connectivity index (χ0n) is 8.72. The lowest BCUT2D eigenvalue weighted by molar-refractivity contribution is -0.119. The van der Waals surface area contributed by atoms with Gasteiger partial charge in [-0.3, -0.25) is 4.79 Å². The van der Waals surface area contributed by atoms with Crippen molar-refractivity contribution in [2.45, 2.75) is 32.4 Å². The second-order valence-electron chi connectivity index (χ2n) is 3.33. The van der Waals surface area contributed by atoms with Crippen LogP contribution >= 0.6 is 0 Å². The maximum absolute atomic E-state index is 11.4. The number of hydrogen-bond donors (Lipinski definition) is 1. The van der Waals surface area contributed by atoms with Crippen LogP contribution in [-0.4, -0.2) is 20.8 Å². The fourth-order valence-corrected chi connectivity index (χ4v) is 1.21. The van der Waals surface area contributed by atoms with E-state index in [1.165, 1.54) is 4.68 Å². The van der Waals surface area contributed by atoms with Crippen molar-refractivity contribution >= 4 is 5.78 Å². The highest BCUT2D eigenvalue weighted by molar-refractivity contribution is 5.78. The van der Waals surface area contributed by atoms with Crippen molar-refractivity contribution in [3.05, 3.63) is 24.5 Å². The van der Waals surface area contributed by atoms with Crippen molar-refractivity contribution in [2.24, 2.45) is 5.73 Å². The van der Waals surface area contributed by atoms with Gasteiger partial charge in [0, 0.05) is 13.0 Å². The molecule has 2 N–H and O–H groups in total. The second kappa shape index (κ2) is 6.08. The Morgan fingerprint density at radius 2 is 2.47 bits per heavy atom. The number of nitrogens with zero attached hydrogens (tertiary/aromatic N) is 3. The Morgan fingerprint density at radius 3 is 3.07 bits per heavy atom. The van der Waals surface area contributed by atoms with Crippen LogP contribution in [0.3, 0.4) is 0 Å². The number of ketones is 1. The monoisotopic (exact) mass is 208 g/mol. The fraction of sp³-hybridized carbons (Fsp3) is 0.500. The lowest BCUT2D eigenvalue weighted by Crippen LogP contribution is -2.10. The van der Waals surface area contributed by atoms with E-state index in [1.54, 1.807) is 6.20 Å². The van der Waals surface area contributed by atoms with Gasteiger partial charge in [0.25, 0.3) is 0 Å². The van der Waals surface area contributed by atoms with E-state index in [4.69, 9.17) is 5.73 Å². The summed E-state index contributed by atoms with van der Waals surface area (Å²) in [7, 11) is 0. The minimum Gasteiger partial charge on any atom is -0.325 e. The Bertz CT molecular complexity index is 332. The Labute approximate surface area is 89.0 Å². The van der Waals surface area contributed by atoms with Crippen LogP contribution < -0.4 is 5.73 Å². The second-order valence-corrected chi connectivity index (χ2v) is 3.33. The highest BCUT2D eigenvalue weighted by Crippen LogP contribution is 1.99. The number of nitrogens with two attached hydrogens (primary N) is 1. The van der Waals surface area contributed by atoms with Crippen LogP contribution in [0.4, 0.5) is 0 Å². The minimum atomic E-state index is 0.158. The van der Waals surface area contributed by atoms with E-state index in [2.05, 4.69) is 16.9 Å². The van der Waals surface area contributed by atoms with Crippen LogP contribution in [0.25, 0.3) is 0 Å². The SMILES string of the molecule is C=CCCCC(=O)Cn1cc(CN)nn1. The molecule has 0 amide bonds. The lowest BCUT2D eigenvalue weighted by atomic mass is 10.2. The molecule has 0 spiro atoms. The molecular weight excluding hydrogens is 192 g/mol. The molecular formula is C10H16N4O. The molecule has 0 atom stereocenters. The molecule has 0 saturated carbocycles. The van der Waals surface area contributed by atoms with Gasteiger partial charge in [-0.1, -0.05) is 11.3 Å². The van der Waals surface area contributed by atoms with Crippen molar-refractivity contribution in [1.29, 1.82) is 0 Å². The third kappa shape index (κ3) is 4.03. The topological polar surface area (TPSA) is 73.8 Å². The zero-order valence-corrected chi connectivity index (χ0v) is 8.72. The Hall–Kier alpha value is -1.49. The largest absolute Gasteiger partial charge is 0.325 e. The summed E-state index contributed by atoms with van der Waals surface area (Å²) in [4.78, 5) is 11.4. The number of aromatic nitrogens is 3. The first kappa shape index (κ1) is 11.6. The van der Waals surface area contributed by atoms with E-state index in [-0.39, 0.29) is 12.3 Å². The molecule has 0 fully saturated rings. The molecule has 0 aliphatic heterocycles. The van der Waals surface area contributed by atoms with Gasteiger partial charge in [0.15, 0.2) is 5.78 Å². The summed E-state index contributed by atoms with van der Waals surface area (Å²) in [6.07, 6.45) is 5.79. The van der Waals surface area contributed by atoms with Gasteiger partial charge in [0.1, 0.15) is 6.54 Å². The smallest absolute Gasteiger partial charge is 0.154 e. The van der Waals surface area contributed by atoms with Gasteiger partial charge in [-0.2, -0.15) is 0 Å². The average Bonchev–Trinajstić information content (AvgIpc) is 2.66. The van der Waals surface area contributed by atoms with E-state index in [0.29, 0.717) is 18.7 Å². The number of carbonyl (C=O) groups is 1. The summed E-state index contributed by atoms with van der Waals surface area (Å²) >= 11 is 0. The van der Waals surface area contributed by atoms with Crippen molar-refractivity contribution in [3.63, 3.8) is 0 Å². The summed E-state index contributed by atoms with van der Waals surface area (Å²) in [5, 5.41) is 7.60. The van der Waals surface area contributed by atoms with Crippen molar-refractivity contribution < 1.29 is 4.79 Å². The normalized spacial score (nSPS) is 10.2. The van der Waals surface area contributed by atoms with E-state index < -0.39 is 0 Å². The van der Waals surface area contributed by atoms with Crippen molar-refractivity contribution in [1.82, 2.24) is 15.0 Å². The van der Waals surface area contributed by atoms with E-state index >= 15 is 0 Å². The van der Waals surface area contributed by atoms with Crippen molar-refractivity contribution in [2.75, 3.05) is 0 Å². The molecule has 0 radical (unpaired) electrons. The predicted octanol–water partition coefficient (Wildman–Crippen LogP) is 0.662. The standard InChI is InChI=1S/C10H16N4O/c1-2-3-4-5-10(15)8-14-7-9(6-11)12-13-14/h2,7H,1,3-6,8,11H2. The molecule has 82 valence electrons. The third-order valence-electron chi connectivity index (χ3n) is 2.00. The fourth-order valence-electron chi connectivity index (χ4n) is 1.21.